The van der Waals surface area contributed by atoms with E-state index in [1.54, 1.807) is 11.3 Å². The molecule has 2 aromatic heterocycles. The van der Waals surface area contributed by atoms with Crippen molar-refractivity contribution < 1.29 is 4.79 Å². The molecule has 1 aliphatic heterocycles. The van der Waals surface area contributed by atoms with Crippen molar-refractivity contribution in [1.82, 2.24) is 14.5 Å². The van der Waals surface area contributed by atoms with Gasteiger partial charge in [-0.1, -0.05) is 6.07 Å². The lowest BCUT2D eigenvalue weighted by molar-refractivity contribution is 0.0700. The molecule has 0 saturated carbocycles. The maximum atomic E-state index is 12.6. The largest absolute Gasteiger partial charge is 0.338 e. The predicted octanol–water partition coefficient (Wildman–Crippen LogP) is 4.50. The molecule has 4 nitrogen and oxygen atoms in total. The Bertz CT molecular complexity index is 932. The van der Waals surface area contributed by atoms with E-state index in [-0.39, 0.29) is 5.91 Å². The Hall–Kier alpha value is -2.14. The second-order valence-electron chi connectivity index (χ2n) is 6.95. The first-order valence-electron chi connectivity index (χ1n) is 8.84. The third-order valence-electron chi connectivity index (χ3n) is 5.09. The Kier molecular flexibility index (Phi) is 4.12. The topological polar surface area (TPSA) is 38.1 Å². The Morgan fingerprint density at radius 3 is 2.56 bits per heavy atom. The highest BCUT2D eigenvalue weighted by molar-refractivity contribution is 7.13. The SMILES string of the molecule is Cc1ccc2nc(C)n(C3CCN(C(=O)c4ccc(C)s4)CC3)c2c1. The van der Waals surface area contributed by atoms with E-state index < -0.39 is 0 Å². The van der Waals surface area contributed by atoms with Crippen molar-refractivity contribution in [3.05, 3.63) is 51.5 Å². The van der Waals surface area contributed by atoms with Crippen molar-refractivity contribution in [2.75, 3.05) is 13.1 Å². The van der Waals surface area contributed by atoms with Gasteiger partial charge in [0.1, 0.15) is 5.82 Å². The maximum Gasteiger partial charge on any atom is 0.263 e. The number of fused-ring (bicyclic) bond motifs is 1. The molecule has 0 N–H and O–H groups in total. The van der Waals surface area contributed by atoms with E-state index in [1.165, 1.54) is 16.0 Å². The molecule has 0 aliphatic carbocycles. The van der Waals surface area contributed by atoms with Crippen LogP contribution in [0.2, 0.25) is 0 Å². The summed E-state index contributed by atoms with van der Waals surface area (Å²) >= 11 is 1.59. The number of rotatable bonds is 2. The van der Waals surface area contributed by atoms with Crippen molar-refractivity contribution in [2.24, 2.45) is 0 Å². The molecular weight excluding hydrogens is 330 g/mol. The lowest BCUT2D eigenvalue weighted by Crippen LogP contribution is -2.38. The molecule has 0 atom stereocenters. The molecule has 0 radical (unpaired) electrons. The smallest absolute Gasteiger partial charge is 0.263 e. The van der Waals surface area contributed by atoms with E-state index in [0.717, 1.165) is 42.1 Å². The number of nitrogens with zero attached hydrogens (tertiary/aromatic N) is 3. The lowest BCUT2D eigenvalue weighted by atomic mass is 10.0. The van der Waals surface area contributed by atoms with Gasteiger partial charge >= 0.3 is 0 Å². The molecule has 1 aliphatic rings. The first kappa shape index (κ1) is 16.3. The van der Waals surface area contributed by atoms with Crippen LogP contribution in [-0.4, -0.2) is 33.4 Å². The van der Waals surface area contributed by atoms with Crippen molar-refractivity contribution in [3.8, 4) is 0 Å². The van der Waals surface area contributed by atoms with Crippen molar-refractivity contribution in [1.29, 1.82) is 0 Å². The van der Waals surface area contributed by atoms with Gasteiger partial charge < -0.3 is 9.47 Å². The molecule has 4 rings (SSSR count). The molecule has 5 heteroatoms. The summed E-state index contributed by atoms with van der Waals surface area (Å²) in [5.74, 6) is 1.25. The summed E-state index contributed by atoms with van der Waals surface area (Å²) in [7, 11) is 0. The zero-order valence-electron chi connectivity index (χ0n) is 15.0. The van der Waals surface area contributed by atoms with Crippen LogP contribution < -0.4 is 0 Å². The van der Waals surface area contributed by atoms with E-state index in [2.05, 4.69) is 36.6 Å². The fourth-order valence-electron chi connectivity index (χ4n) is 3.82. The number of hydrogen-bond donors (Lipinski definition) is 0. The Morgan fingerprint density at radius 1 is 1.12 bits per heavy atom. The summed E-state index contributed by atoms with van der Waals surface area (Å²) in [5.41, 5.74) is 3.54. The standard InChI is InChI=1S/C20H23N3OS/c1-13-4-6-17-18(12-13)23(15(3)21-17)16-8-10-22(11-9-16)20(24)19-7-5-14(2)25-19/h4-7,12,16H,8-11H2,1-3H3. The van der Waals surface area contributed by atoms with Crippen LogP contribution in [0.4, 0.5) is 0 Å². The van der Waals surface area contributed by atoms with Crippen LogP contribution in [0, 0.1) is 20.8 Å². The average molecular weight is 353 g/mol. The molecule has 25 heavy (non-hydrogen) atoms. The third-order valence-corrected chi connectivity index (χ3v) is 6.08. The molecule has 1 saturated heterocycles. The van der Waals surface area contributed by atoms with Gasteiger partial charge in [0.2, 0.25) is 0 Å². The minimum absolute atomic E-state index is 0.180. The van der Waals surface area contributed by atoms with Gasteiger partial charge in [-0.05, 0) is 63.4 Å². The Balaban J connectivity index is 1.53. The number of imidazole rings is 1. The molecule has 0 spiro atoms. The first-order chi connectivity index (χ1) is 12.0. The highest BCUT2D eigenvalue weighted by Crippen LogP contribution is 2.30. The summed E-state index contributed by atoms with van der Waals surface area (Å²) in [6, 6.07) is 10.8. The molecule has 0 unspecified atom stereocenters. The van der Waals surface area contributed by atoms with Gasteiger partial charge in [0, 0.05) is 24.0 Å². The van der Waals surface area contributed by atoms with E-state index in [4.69, 9.17) is 4.98 Å². The van der Waals surface area contributed by atoms with Gasteiger partial charge in [0.25, 0.3) is 5.91 Å². The monoisotopic (exact) mass is 353 g/mol. The quantitative estimate of drug-likeness (QED) is 0.680. The van der Waals surface area contributed by atoms with Gasteiger partial charge in [-0.15, -0.1) is 11.3 Å². The molecule has 130 valence electrons. The molecule has 0 bridgehead atoms. The summed E-state index contributed by atoms with van der Waals surface area (Å²) in [4.78, 5) is 21.4. The molecule has 3 heterocycles. The Morgan fingerprint density at radius 2 is 1.88 bits per heavy atom. The number of hydrogen-bond acceptors (Lipinski definition) is 3. The van der Waals surface area contributed by atoms with Gasteiger partial charge in [-0.25, -0.2) is 4.98 Å². The second-order valence-corrected chi connectivity index (χ2v) is 8.24. The minimum atomic E-state index is 0.180. The fraction of sp³-hybridized carbons (Fsp3) is 0.400. The highest BCUT2D eigenvalue weighted by atomic mass is 32.1. The zero-order chi connectivity index (χ0) is 17.6. The van der Waals surface area contributed by atoms with Crippen LogP contribution in [0.1, 0.15) is 44.8 Å². The minimum Gasteiger partial charge on any atom is -0.338 e. The summed E-state index contributed by atoms with van der Waals surface area (Å²) in [5, 5.41) is 0. The number of aryl methyl sites for hydroxylation is 3. The number of thiophene rings is 1. The van der Waals surface area contributed by atoms with Crippen LogP contribution in [0.5, 0.6) is 0 Å². The number of carbonyl (C=O) groups excluding carboxylic acids is 1. The zero-order valence-corrected chi connectivity index (χ0v) is 15.8. The molecule has 1 amide bonds. The number of benzene rings is 1. The second kappa shape index (κ2) is 6.30. The van der Waals surface area contributed by atoms with E-state index in [1.807, 2.05) is 24.0 Å². The van der Waals surface area contributed by atoms with E-state index in [0.29, 0.717) is 6.04 Å². The molecule has 1 aromatic carbocycles. The predicted molar refractivity (Wildman–Crippen MR) is 102 cm³/mol. The van der Waals surface area contributed by atoms with Crippen LogP contribution in [0.15, 0.2) is 30.3 Å². The summed E-state index contributed by atoms with van der Waals surface area (Å²) in [6.07, 6.45) is 1.96. The number of carbonyl (C=O) groups is 1. The van der Waals surface area contributed by atoms with Crippen molar-refractivity contribution in [2.45, 2.75) is 39.7 Å². The number of likely N-dealkylation sites (tertiary alicyclic amines) is 1. The maximum absolute atomic E-state index is 12.6. The molecular formula is C20H23N3OS. The van der Waals surface area contributed by atoms with E-state index in [9.17, 15) is 4.79 Å². The van der Waals surface area contributed by atoms with Crippen LogP contribution in [0.3, 0.4) is 0 Å². The van der Waals surface area contributed by atoms with Crippen molar-refractivity contribution in [3.63, 3.8) is 0 Å². The van der Waals surface area contributed by atoms with Gasteiger partial charge in [0.05, 0.1) is 15.9 Å². The van der Waals surface area contributed by atoms with Crippen molar-refractivity contribution >= 4 is 28.3 Å². The number of piperidine rings is 1. The first-order valence-corrected chi connectivity index (χ1v) is 9.65. The summed E-state index contributed by atoms with van der Waals surface area (Å²) in [6.45, 7) is 7.87. The highest BCUT2D eigenvalue weighted by Gasteiger charge is 2.27. The third kappa shape index (κ3) is 2.97. The van der Waals surface area contributed by atoms with E-state index >= 15 is 0 Å². The number of aromatic nitrogens is 2. The normalized spacial score (nSPS) is 15.9. The van der Waals surface area contributed by atoms with Crippen LogP contribution in [-0.2, 0) is 0 Å². The van der Waals surface area contributed by atoms with Crippen LogP contribution >= 0.6 is 11.3 Å². The number of amides is 1. The van der Waals surface area contributed by atoms with Crippen LogP contribution in [0.25, 0.3) is 11.0 Å². The Labute approximate surface area is 152 Å². The van der Waals surface area contributed by atoms with Gasteiger partial charge in [-0.2, -0.15) is 0 Å². The summed E-state index contributed by atoms with van der Waals surface area (Å²) < 4.78 is 2.37. The van der Waals surface area contributed by atoms with Gasteiger partial charge in [0.15, 0.2) is 0 Å². The fourth-order valence-corrected chi connectivity index (χ4v) is 4.65. The lowest BCUT2D eigenvalue weighted by Gasteiger charge is -2.33. The average Bonchev–Trinajstić information content (AvgIpc) is 3.17. The molecule has 1 fully saturated rings. The molecule has 3 aromatic rings. The van der Waals surface area contributed by atoms with Gasteiger partial charge in [-0.3, -0.25) is 4.79 Å².